The number of hydrogen-bond donors (Lipinski definition) is 2. The number of aromatic nitrogens is 4. The molecular weight excluding hydrogens is 533 g/mol. The second-order valence-electron chi connectivity index (χ2n) is 8.78. The fourth-order valence-electron chi connectivity index (χ4n) is 2.36. The molecule has 0 amide bonds. The minimum atomic E-state index is -0.368. The molecule has 2 heterocycles. The summed E-state index contributed by atoms with van der Waals surface area (Å²) in [5, 5.41) is 37.1. The van der Waals surface area contributed by atoms with Crippen LogP contribution in [0.5, 0.6) is 0 Å². The highest BCUT2D eigenvalue weighted by molar-refractivity contribution is 9.09. The van der Waals surface area contributed by atoms with Gasteiger partial charge in [-0.2, -0.15) is 0 Å². The lowest BCUT2D eigenvalue weighted by Gasteiger charge is -2.26. The molecule has 0 saturated carbocycles. The Bertz CT molecular complexity index is 728. The highest BCUT2D eigenvalue weighted by atomic mass is 33.5. The zero-order valence-electron chi connectivity index (χ0n) is 18.4. The number of hydrogen-bond acceptors (Lipinski definition) is 13. The first-order valence-electron chi connectivity index (χ1n) is 9.30. The third kappa shape index (κ3) is 12.7. The summed E-state index contributed by atoms with van der Waals surface area (Å²) in [6, 6.07) is 0. The highest BCUT2D eigenvalue weighted by Gasteiger charge is 2.18. The van der Waals surface area contributed by atoms with Crippen molar-refractivity contribution in [2.75, 3.05) is 66.9 Å². The van der Waals surface area contributed by atoms with Gasteiger partial charge >= 0.3 is 0 Å². The molecule has 176 valence electrons. The molecule has 2 atom stereocenters. The van der Waals surface area contributed by atoms with E-state index in [-0.39, 0.29) is 12.2 Å². The number of rotatable bonds is 14. The van der Waals surface area contributed by atoms with Gasteiger partial charge in [0.15, 0.2) is 17.4 Å². The SMILES string of the molecule is C[N+](C)(C)CC(O)CSc1nnc(SSSc2nnc(SCC(O)C[N+](C)(C)C)s2)s1. The van der Waals surface area contributed by atoms with Gasteiger partial charge in [0.05, 0.1) is 42.3 Å². The van der Waals surface area contributed by atoms with Crippen LogP contribution in [0.2, 0.25) is 0 Å². The Labute approximate surface area is 212 Å². The third-order valence-electron chi connectivity index (χ3n) is 3.30. The van der Waals surface area contributed by atoms with Crippen molar-refractivity contribution >= 4 is 77.6 Å². The van der Waals surface area contributed by atoms with E-state index in [4.69, 9.17) is 0 Å². The van der Waals surface area contributed by atoms with Gasteiger partial charge in [-0.25, -0.2) is 0 Å². The topological polar surface area (TPSA) is 92.0 Å². The summed E-state index contributed by atoms with van der Waals surface area (Å²) < 4.78 is 4.96. The Morgan fingerprint density at radius 1 is 0.677 bits per heavy atom. The van der Waals surface area contributed by atoms with Crippen LogP contribution in [0.3, 0.4) is 0 Å². The van der Waals surface area contributed by atoms with Gasteiger partial charge in [0.2, 0.25) is 0 Å². The standard InChI is InChI=1S/C16H30N6O2S7/c1-21(2,3)7-11(23)9-25-13-17-19-15(27-13)29-31-30-16-20-18-14(28-16)26-10-12(24)8-22(4,5)6/h11-12,23-24H,7-10H2,1-6H3/q+2. The first-order chi connectivity index (χ1) is 14.4. The highest BCUT2D eigenvalue weighted by Crippen LogP contribution is 2.47. The summed E-state index contributed by atoms with van der Waals surface area (Å²) in [6.07, 6.45) is -0.735. The second-order valence-corrected chi connectivity index (χ2v) is 17.7. The van der Waals surface area contributed by atoms with Gasteiger partial charge in [-0.05, 0) is 31.4 Å². The maximum Gasteiger partial charge on any atom is 0.186 e. The number of nitrogens with zero attached hydrogens (tertiary/aromatic N) is 6. The maximum absolute atomic E-state index is 10.1. The van der Waals surface area contributed by atoms with Gasteiger partial charge in [0, 0.05) is 11.5 Å². The second kappa shape index (κ2) is 13.0. The van der Waals surface area contributed by atoms with E-state index in [0.29, 0.717) is 24.6 Å². The summed E-state index contributed by atoms with van der Waals surface area (Å²) >= 11 is 6.16. The molecule has 2 rings (SSSR count). The molecule has 2 aromatic heterocycles. The van der Waals surface area contributed by atoms with Gasteiger partial charge in [-0.3, -0.25) is 0 Å². The fourth-order valence-corrected chi connectivity index (χ4v) is 10.9. The van der Waals surface area contributed by atoms with Crippen LogP contribution in [0.15, 0.2) is 17.4 Å². The van der Waals surface area contributed by atoms with Gasteiger partial charge in [0.25, 0.3) is 0 Å². The molecule has 0 fully saturated rings. The Balaban J connectivity index is 1.67. The quantitative estimate of drug-likeness (QED) is 0.202. The van der Waals surface area contributed by atoms with Crippen LogP contribution in [0.25, 0.3) is 0 Å². The zero-order valence-corrected chi connectivity index (χ0v) is 24.1. The van der Waals surface area contributed by atoms with Crippen molar-refractivity contribution in [1.29, 1.82) is 0 Å². The predicted octanol–water partition coefficient (Wildman–Crippen LogP) is 3.16. The van der Waals surface area contributed by atoms with Crippen molar-refractivity contribution in [3.63, 3.8) is 0 Å². The van der Waals surface area contributed by atoms with E-state index in [0.717, 1.165) is 26.3 Å². The summed E-state index contributed by atoms with van der Waals surface area (Å²) in [6.45, 7) is 1.41. The summed E-state index contributed by atoms with van der Waals surface area (Å²) in [5.41, 5.74) is 0. The van der Waals surface area contributed by atoms with E-state index in [1.165, 1.54) is 22.7 Å². The lowest BCUT2D eigenvalue weighted by atomic mass is 10.3. The van der Waals surface area contributed by atoms with Crippen molar-refractivity contribution in [2.24, 2.45) is 0 Å². The molecule has 0 aliphatic carbocycles. The number of thioether (sulfide) groups is 2. The summed E-state index contributed by atoms with van der Waals surface area (Å²) in [4.78, 5) is 0. The molecular formula is C16H30N6O2S7+2. The maximum atomic E-state index is 10.1. The number of aliphatic hydroxyl groups is 2. The van der Waals surface area contributed by atoms with Crippen LogP contribution in [0, 0.1) is 0 Å². The van der Waals surface area contributed by atoms with E-state index < -0.39 is 0 Å². The fraction of sp³-hybridized carbons (Fsp3) is 0.750. The van der Waals surface area contributed by atoms with Gasteiger partial charge in [-0.1, -0.05) is 46.2 Å². The molecule has 0 saturated heterocycles. The average molecular weight is 563 g/mol. The lowest BCUT2D eigenvalue weighted by Crippen LogP contribution is -2.42. The minimum Gasteiger partial charge on any atom is -0.386 e. The molecule has 15 heteroatoms. The third-order valence-corrected chi connectivity index (χ3v) is 12.1. The van der Waals surface area contributed by atoms with Gasteiger partial charge in [0.1, 0.15) is 25.3 Å². The molecule has 8 nitrogen and oxygen atoms in total. The van der Waals surface area contributed by atoms with Crippen LogP contribution < -0.4 is 0 Å². The van der Waals surface area contributed by atoms with Crippen molar-refractivity contribution < 1.29 is 19.2 Å². The first kappa shape index (κ1) is 28.0. The largest absolute Gasteiger partial charge is 0.386 e. The zero-order chi connectivity index (χ0) is 23.1. The molecule has 0 aromatic carbocycles. The average Bonchev–Trinajstić information content (AvgIpc) is 3.25. The smallest absolute Gasteiger partial charge is 0.186 e. The molecule has 0 aliphatic rings. The Kier molecular flexibility index (Phi) is 11.7. The Morgan fingerprint density at radius 2 is 1.03 bits per heavy atom. The summed E-state index contributed by atoms with van der Waals surface area (Å²) in [5.74, 6) is 1.23. The predicted molar refractivity (Wildman–Crippen MR) is 138 cm³/mol. The van der Waals surface area contributed by atoms with E-state index in [1.807, 2.05) is 0 Å². The Morgan fingerprint density at radius 3 is 1.39 bits per heavy atom. The van der Waals surface area contributed by atoms with Crippen LogP contribution in [0.1, 0.15) is 0 Å². The van der Waals surface area contributed by atoms with E-state index >= 15 is 0 Å². The van der Waals surface area contributed by atoms with Gasteiger partial charge < -0.3 is 19.2 Å². The van der Waals surface area contributed by atoms with Crippen LogP contribution in [0.4, 0.5) is 0 Å². The van der Waals surface area contributed by atoms with Crippen molar-refractivity contribution in [2.45, 2.75) is 29.6 Å². The van der Waals surface area contributed by atoms with Crippen molar-refractivity contribution in [3.05, 3.63) is 0 Å². The van der Waals surface area contributed by atoms with E-state index in [2.05, 4.69) is 62.7 Å². The van der Waals surface area contributed by atoms with E-state index in [1.54, 1.807) is 54.9 Å². The number of aliphatic hydroxyl groups excluding tert-OH is 2. The van der Waals surface area contributed by atoms with Crippen molar-refractivity contribution in [1.82, 2.24) is 20.4 Å². The van der Waals surface area contributed by atoms with Crippen LogP contribution in [-0.4, -0.2) is 119 Å². The van der Waals surface area contributed by atoms with Gasteiger partial charge in [-0.15, -0.1) is 20.4 Å². The molecule has 2 unspecified atom stereocenters. The molecule has 0 bridgehead atoms. The van der Waals surface area contributed by atoms with Crippen molar-refractivity contribution in [3.8, 4) is 0 Å². The minimum absolute atomic E-state index is 0.368. The molecule has 31 heavy (non-hydrogen) atoms. The normalized spacial score (nSPS) is 14.7. The summed E-state index contributed by atoms with van der Waals surface area (Å²) in [7, 11) is 17.1. The first-order valence-corrected chi connectivity index (χ1v) is 16.4. The number of likely N-dealkylation sites (N-methyl/N-ethyl adjacent to an activating group) is 2. The molecule has 2 N–H and O–H groups in total. The molecule has 0 spiro atoms. The van der Waals surface area contributed by atoms with E-state index in [9.17, 15) is 10.2 Å². The van der Waals surface area contributed by atoms with Crippen LogP contribution >= 0.6 is 77.6 Å². The lowest BCUT2D eigenvalue weighted by molar-refractivity contribution is -0.873. The molecule has 0 radical (unpaired) electrons. The molecule has 0 aliphatic heterocycles. The molecule has 2 aromatic rings. The Hall–Kier alpha value is 0.710. The van der Waals surface area contributed by atoms with Crippen LogP contribution in [-0.2, 0) is 0 Å². The monoisotopic (exact) mass is 562 g/mol. The number of quaternary nitrogens is 2.